The lowest BCUT2D eigenvalue weighted by molar-refractivity contribution is 0.103. The number of benzene rings is 1. The van der Waals surface area contributed by atoms with E-state index in [0.29, 0.717) is 11.3 Å². The van der Waals surface area contributed by atoms with Crippen molar-refractivity contribution in [2.24, 2.45) is 0 Å². The number of aromatic nitrogens is 1. The Bertz CT molecular complexity index is 536. The molecule has 3 heteroatoms. The predicted octanol–water partition coefficient (Wildman–Crippen LogP) is 2.87. The molecule has 2 rings (SSSR count). The van der Waals surface area contributed by atoms with Crippen LogP contribution in [-0.2, 0) is 0 Å². The molecule has 0 atom stereocenters. The van der Waals surface area contributed by atoms with E-state index in [9.17, 15) is 4.79 Å². The second-order valence-corrected chi connectivity index (χ2v) is 4.03. The molecule has 0 saturated heterocycles. The maximum Gasteiger partial charge on any atom is 0.195 e. The molecule has 0 aliphatic carbocycles. The van der Waals surface area contributed by atoms with Gasteiger partial charge in [-0.3, -0.25) is 4.79 Å². The van der Waals surface area contributed by atoms with Crippen LogP contribution in [0.15, 0.2) is 30.5 Å². The maximum absolute atomic E-state index is 12.3. The maximum atomic E-state index is 12.3. The van der Waals surface area contributed by atoms with Gasteiger partial charge in [-0.2, -0.15) is 0 Å². The van der Waals surface area contributed by atoms with Crippen LogP contribution in [0.1, 0.15) is 27.2 Å². The summed E-state index contributed by atoms with van der Waals surface area (Å²) in [6, 6.07) is 7.21. The lowest BCUT2D eigenvalue weighted by Gasteiger charge is -2.04. The van der Waals surface area contributed by atoms with Gasteiger partial charge < -0.3 is 9.72 Å². The van der Waals surface area contributed by atoms with Crippen LogP contribution in [-0.4, -0.2) is 17.9 Å². The van der Waals surface area contributed by atoms with E-state index in [4.69, 9.17) is 4.74 Å². The van der Waals surface area contributed by atoms with Crippen molar-refractivity contribution in [1.82, 2.24) is 4.98 Å². The van der Waals surface area contributed by atoms with Crippen LogP contribution in [0.2, 0.25) is 0 Å². The molecule has 2 aromatic rings. The molecule has 0 spiro atoms. The minimum atomic E-state index is 0.0279. The van der Waals surface area contributed by atoms with Gasteiger partial charge in [0.2, 0.25) is 0 Å². The number of hydrogen-bond donors (Lipinski definition) is 1. The Morgan fingerprint density at radius 2 is 2.06 bits per heavy atom. The Labute approximate surface area is 100 Å². The Kier molecular flexibility index (Phi) is 3.00. The quantitative estimate of drug-likeness (QED) is 0.822. The number of ether oxygens (including phenoxy) is 1. The van der Waals surface area contributed by atoms with Crippen molar-refractivity contribution >= 4 is 5.78 Å². The van der Waals surface area contributed by atoms with E-state index in [1.807, 2.05) is 32.2 Å². The van der Waals surface area contributed by atoms with Crippen molar-refractivity contribution < 1.29 is 9.53 Å². The number of aromatic amines is 1. The van der Waals surface area contributed by atoms with Crippen LogP contribution in [0, 0.1) is 13.8 Å². The number of rotatable bonds is 3. The molecule has 0 bridgehead atoms. The molecule has 1 aromatic heterocycles. The average molecular weight is 229 g/mol. The summed E-state index contributed by atoms with van der Waals surface area (Å²) in [4.78, 5) is 15.4. The van der Waals surface area contributed by atoms with Gasteiger partial charge in [0.25, 0.3) is 0 Å². The number of ketones is 1. The Balaban J connectivity index is 2.44. The number of carbonyl (C=O) groups is 1. The van der Waals surface area contributed by atoms with E-state index in [2.05, 4.69) is 4.98 Å². The van der Waals surface area contributed by atoms with Crippen molar-refractivity contribution in [3.05, 3.63) is 52.8 Å². The molecule has 0 amide bonds. The molecule has 0 unspecified atom stereocenters. The molecular weight excluding hydrogens is 214 g/mol. The molecule has 3 nitrogen and oxygen atoms in total. The third-order valence-electron chi connectivity index (χ3n) is 2.83. The zero-order valence-electron chi connectivity index (χ0n) is 10.2. The normalized spacial score (nSPS) is 10.3. The average Bonchev–Trinajstić information content (AvgIpc) is 2.68. The van der Waals surface area contributed by atoms with Crippen LogP contribution in [0.25, 0.3) is 0 Å². The fourth-order valence-corrected chi connectivity index (χ4v) is 1.91. The highest BCUT2D eigenvalue weighted by Gasteiger charge is 2.15. The van der Waals surface area contributed by atoms with Gasteiger partial charge in [0.15, 0.2) is 5.78 Å². The number of H-pyrrole nitrogens is 1. The fourth-order valence-electron chi connectivity index (χ4n) is 1.91. The molecule has 0 radical (unpaired) electrons. The summed E-state index contributed by atoms with van der Waals surface area (Å²) in [6.45, 7) is 3.83. The molecule has 1 aromatic carbocycles. The highest BCUT2D eigenvalue weighted by molar-refractivity contribution is 6.10. The first-order valence-corrected chi connectivity index (χ1v) is 5.47. The van der Waals surface area contributed by atoms with Crippen molar-refractivity contribution in [2.75, 3.05) is 7.11 Å². The van der Waals surface area contributed by atoms with Crippen LogP contribution in [0.5, 0.6) is 5.75 Å². The molecule has 88 valence electrons. The number of aryl methyl sites for hydroxylation is 2. The first-order chi connectivity index (χ1) is 8.13. The first kappa shape index (κ1) is 11.5. The lowest BCUT2D eigenvalue weighted by Crippen LogP contribution is -2.04. The number of carbonyl (C=O) groups excluding carboxylic acids is 1. The monoisotopic (exact) mass is 229 g/mol. The minimum Gasteiger partial charge on any atom is -0.497 e. The van der Waals surface area contributed by atoms with Gasteiger partial charge in [0.1, 0.15) is 5.75 Å². The molecule has 1 heterocycles. The third kappa shape index (κ3) is 2.09. The number of nitrogens with one attached hydrogen (secondary N) is 1. The molecule has 17 heavy (non-hydrogen) atoms. The predicted molar refractivity (Wildman–Crippen MR) is 66.7 cm³/mol. The summed E-state index contributed by atoms with van der Waals surface area (Å²) < 4.78 is 5.12. The van der Waals surface area contributed by atoms with Gasteiger partial charge in [-0.05, 0) is 31.5 Å². The van der Waals surface area contributed by atoms with Crippen LogP contribution < -0.4 is 4.74 Å². The largest absolute Gasteiger partial charge is 0.497 e. The van der Waals surface area contributed by atoms with Gasteiger partial charge in [0, 0.05) is 23.0 Å². The van der Waals surface area contributed by atoms with Crippen molar-refractivity contribution in [1.29, 1.82) is 0 Å². The highest BCUT2D eigenvalue weighted by atomic mass is 16.5. The first-order valence-electron chi connectivity index (χ1n) is 5.47. The van der Waals surface area contributed by atoms with Gasteiger partial charge in [-0.15, -0.1) is 0 Å². The summed E-state index contributed by atoms with van der Waals surface area (Å²) in [5, 5.41) is 0. The summed E-state index contributed by atoms with van der Waals surface area (Å²) in [7, 11) is 1.59. The zero-order chi connectivity index (χ0) is 12.4. The second kappa shape index (κ2) is 4.45. The number of hydrogen-bond acceptors (Lipinski definition) is 2. The summed E-state index contributed by atoms with van der Waals surface area (Å²) in [5.41, 5.74) is 3.26. The fraction of sp³-hybridized carbons (Fsp3) is 0.214. The van der Waals surface area contributed by atoms with Gasteiger partial charge in [-0.25, -0.2) is 0 Å². The molecule has 0 fully saturated rings. The van der Waals surface area contributed by atoms with Gasteiger partial charge in [-0.1, -0.05) is 12.1 Å². The Morgan fingerprint density at radius 3 is 2.65 bits per heavy atom. The molecule has 0 aliphatic rings. The number of methoxy groups -OCH3 is 1. The van der Waals surface area contributed by atoms with E-state index in [1.165, 1.54) is 0 Å². The molecule has 1 N–H and O–H groups in total. The lowest BCUT2D eigenvalue weighted by atomic mass is 10.0. The van der Waals surface area contributed by atoms with Crippen molar-refractivity contribution in [3.63, 3.8) is 0 Å². The smallest absolute Gasteiger partial charge is 0.195 e. The van der Waals surface area contributed by atoms with Gasteiger partial charge in [0.05, 0.1) is 7.11 Å². The Morgan fingerprint density at radius 1 is 1.29 bits per heavy atom. The molecule has 0 aliphatic heterocycles. The van der Waals surface area contributed by atoms with E-state index in [-0.39, 0.29) is 5.78 Å². The third-order valence-corrected chi connectivity index (χ3v) is 2.83. The van der Waals surface area contributed by atoms with Gasteiger partial charge >= 0.3 is 0 Å². The van der Waals surface area contributed by atoms with E-state index in [1.54, 1.807) is 19.2 Å². The molecule has 0 saturated carbocycles. The molecular formula is C14H15NO2. The Hall–Kier alpha value is -2.03. The summed E-state index contributed by atoms with van der Waals surface area (Å²) >= 11 is 0. The van der Waals surface area contributed by atoms with Crippen LogP contribution in [0.4, 0.5) is 0 Å². The van der Waals surface area contributed by atoms with Crippen molar-refractivity contribution in [2.45, 2.75) is 13.8 Å². The highest BCUT2D eigenvalue weighted by Crippen LogP contribution is 2.20. The van der Waals surface area contributed by atoms with Crippen LogP contribution >= 0.6 is 0 Å². The topological polar surface area (TPSA) is 42.1 Å². The summed E-state index contributed by atoms with van der Waals surface area (Å²) in [5.74, 6) is 0.724. The van der Waals surface area contributed by atoms with Crippen molar-refractivity contribution in [3.8, 4) is 5.75 Å². The second-order valence-electron chi connectivity index (χ2n) is 4.03. The standard InChI is InChI=1S/C14H15NO2/c1-9-8-15-10(2)13(9)14(16)11-5-4-6-12(7-11)17-3/h4-8,15H,1-3H3. The SMILES string of the molecule is COc1cccc(C(=O)c2c(C)c[nH]c2C)c1. The van der Waals surface area contributed by atoms with E-state index >= 15 is 0 Å². The van der Waals surface area contributed by atoms with E-state index in [0.717, 1.165) is 16.8 Å². The minimum absolute atomic E-state index is 0.0279. The zero-order valence-corrected chi connectivity index (χ0v) is 10.2. The summed E-state index contributed by atoms with van der Waals surface area (Å²) in [6.07, 6.45) is 1.85. The van der Waals surface area contributed by atoms with E-state index < -0.39 is 0 Å². The van der Waals surface area contributed by atoms with Crippen LogP contribution in [0.3, 0.4) is 0 Å².